The lowest BCUT2D eigenvalue weighted by molar-refractivity contribution is -0.119. The number of carbonyl (C=O) groups excluding carboxylic acids is 1. The van der Waals surface area contributed by atoms with Gasteiger partial charge in [0.2, 0.25) is 5.91 Å². The molecule has 1 fully saturated rings. The van der Waals surface area contributed by atoms with Gasteiger partial charge in [0, 0.05) is 23.2 Å². The average Bonchev–Trinajstić information content (AvgIpc) is 2.43. The van der Waals surface area contributed by atoms with Crippen LogP contribution in [-0.4, -0.2) is 37.0 Å². The third-order valence-electron chi connectivity index (χ3n) is 3.73. The Morgan fingerprint density at radius 3 is 2.42 bits per heavy atom. The molecular weight excluding hydrogens is 260 g/mol. The molecule has 1 amide bonds. The molecule has 104 valence electrons. The van der Waals surface area contributed by atoms with Crippen molar-refractivity contribution >= 4 is 23.2 Å². The van der Waals surface area contributed by atoms with Gasteiger partial charge in [0.1, 0.15) is 0 Å². The summed E-state index contributed by atoms with van der Waals surface area (Å²) < 4.78 is 0. The maximum atomic E-state index is 12.3. The molecule has 1 aliphatic heterocycles. The van der Waals surface area contributed by atoms with E-state index in [4.69, 9.17) is 11.6 Å². The van der Waals surface area contributed by atoms with Crippen LogP contribution in [0.15, 0.2) is 24.3 Å². The first-order valence-corrected chi connectivity index (χ1v) is 7.25. The maximum Gasteiger partial charge on any atom is 0.226 e. The van der Waals surface area contributed by atoms with E-state index in [1.54, 1.807) is 0 Å². The number of likely N-dealkylation sites (tertiary alicyclic amines) is 1. The molecule has 0 bridgehead atoms. The zero-order valence-electron chi connectivity index (χ0n) is 11.6. The van der Waals surface area contributed by atoms with Crippen LogP contribution in [0, 0.1) is 0 Å². The summed E-state index contributed by atoms with van der Waals surface area (Å²) in [4.78, 5) is 16.5. The first-order valence-electron chi connectivity index (χ1n) is 6.88. The quantitative estimate of drug-likeness (QED) is 0.849. The smallest absolute Gasteiger partial charge is 0.226 e. The van der Waals surface area contributed by atoms with Crippen LogP contribution in [-0.2, 0) is 4.79 Å². The van der Waals surface area contributed by atoms with Gasteiger partial charge in [0.25, 0.3) is 0 Å². The maximum absolute atomic E-state index is 12.3. The molecule has 1 saturated heterocycles. The van der Waals surface area contributed by atoms with Gasteiger partial charge in [-0.05, 0) is 57.2 Å². The molecule has 0 unspecified atom stereocenters. The molecule has 1 heterocycles. The molecule has 0 N–H and O–H groups in total. The Morgan fingerprint density at radius 1 is 1.32 bits per heavy atom. The third-order valence-corrected chi connectivity index (χ3v) is 3.98. The van der Waals surface area contributed by atoms with E-state index in [1.807, 2.05) is 36.1 Å². The number of nitrogens with zero attached hydrogens (tertiary/aromatic N) is 2. The fourth-order valence-electron chi connectivity index (χ4n) is 2.58. The fraction of sp³-hybridized carbons (Fsp3) is 0.533. The van der Waals surface area contributed by atoms with Crippen LogP contribution >= 0.6 is 11.6 Å². The van der Waals surface area contributed by atoms with Crippen molar-refractivity contribution in [2.24, 2.45) is 0 Å². The van der Waals surface area contributed by atoms with Gasteiger partial charge in [-0.1, -0.05) is 18.5 Å². The van der Waals surface area contributed by atoms with Crippen molar-refractivity contribution in [2.45, 2.75) is 32.2 Å². The number of amides is 1. The number of carbonyl (C=O) groups is 1. The summed E-state index contributed by atoms with van der Waals surface area (Å²) >= 11 is 5.92. The minimum Gasteiger partial charge on any atom is -0.309 e. The van der Waals surface area contributed by atoms with E-state index in [2.05, 4.69) is 11.9 Å². The first-order chi connectivity index (χ1) is 9.11. The van der Waals surface area contributed by atoms with E-state index in [-0.39, 0.29) is 5.91 Å². The van der Waals surface area contributed by atoms with Crippen molar-refractivity contribution in [3.8, 4) is 0 Å². The molecule has 1 aromatic carbocycles. The second-order valence-electron chi connectivity index (χ2n) is 5.13. The van der Waals surface area contributed by atoms with Crippen molar-refractivity contribution in [3.05, 3.63) is 29.3 Å². The first kappa shape index (κ1) is 14.4. The molecule has 4 heteroatoms. The van der Waals surface area contributed by atoms with Gasteiger partial charge in [-0.25, -0.2) is 0 Å². The van der Waals surface area contributed by atoms with Gasteiger partial charge in [0.15, 0.2) is 0 Å². The number of rotatable bonds is 3. The molecule has 0 aromatic heterocycles. The summed E-state index contributed by atoms with van der Waals surface area (Å²) in [5.41, 5.74) is 0.964. The Morgan fingerprint density at radius 2 is 1.89 bits per heavy atom. The van der Waals surface area contributed by atoms with Gasteiger partial charge < -0.3 is 9.80 Å². The summed E-state index contributed by atoms with van der Waals surface area (Å²) in [5, 5.41) is 0.705. The number of benzene rings is 1. The molecule has 0 spiro atoms. The third kappa shape index (κ3) is 3.48. The summed E-state index contributed by atoms with van der Waals surface area (Å²) in [6, 6.07) is 7.89. The van der Waals surface area contributed by atoms with Crippen LogP contribution in [0.1, 0.15) is 26.2 Å². The molecule has 1 aromatic rings. The predicted molar refractivity (Wildman–Crippen MR) is 79.7 cm³/mol. The minimum absolute atomic E-state index is 0.192. The van der Waals surface area contributed by atoms with Crippen LogP contribution in [0.25, 0.3) is 0 Å². The molecule has 0 saturated carbocycles. The van der Waals surface area contributed by atoms with E-state index in [1.165, 1.54) is 0 Å². The molecule has 1 aliphatic rings. The van der Waals surface area contributed by atoms with Crippen molar-refractivity contribution in [1.29, 1.82) is 0 Å². The number of hydrogen-bond acceptors (Lipinski definition) is 2. The van der Waals surface area contributed by atoms with Crippen molar-refractivity contribution in [2.75, 3.05) is 25.0 Å². The lowest BCUT2D eigenvalue weighted by atomic mass is 10.0. The molecule has 3 nitrogen and oxygen atoms in total. The second-order valence-corrected chi connectivity index (χ2v) is 5.56. The van der Waals surface area contributed by atoms with Gasteiger partial charge in [-0.3, -0.25) is 4.79 Å². The highest BCUT2D eigenvalue weighted by atomic mass is 35.5. The van der Waals surface area contributed by atoms with Gasteiger partial charge in [-0.2, -0.15) is 0 Å². The monoisotopic (exact) mass is 280 g/mol. The fourth-order valence-corrected chi connectivity index (χ4v) is 2.71. The molecular formula is C15H21ClN2O. The Labute approximate surface area is 120 Å². The van der Waals surface area contributed by atoms with Gasteiger partial charge in [0.05, 0.1) is 0 Å². The second kappa shape index (κ2) is 6.40. The van der Waals surface area contributed by atoms with E-state index in [0.717, 1.165) is 31.6 Å². The zero-order chi connectivity index (χ0) is 13.8. The Balaban J connectivity index is 2.21. The topological polar surface area (TPSA) is 23.6 Å². The highest BCUT2D eigenvalue weighted by Gasteiger charge is 2.27. The highest BCUT2D eigenvalue weighted by molar-refractivity contribution is 6.30. The highest BCUT2D eigenvalue weighted by Crippen LogP contribution is 2.25. The van der Waals surface area contributed by atoms with Crippen LogP contribution in [0.2, 0.25) is 5.02 Å². The largest absolute Gasteiger partial charge is 0.309 e. The normalized spacial score (nSPS) is 17.4. The van der Waals surface area contributed by atoms with Gasteiger partial charge in [-0.15, -0.1) is 0 Å². The number of halogens is 1. The van der Waals surface area contributed by atoms with E-state index in [0.29, 0.717) is 17.5 Å². The van der Waals surface area contributed by atoms with Crippen LogP contribution < -0.4 is 4.90 Å². The average molecular weight is 281 g/mol. The SMILES string of the molecule is CCC(=O)N(c1ccc(Cl)cc1)C1CCN(C)CC1. The van der Waals surface area contributed by atoms with Crippen LogP contribution in [0.3, 0.4) is 0 Å². The molecule has 19 heavy (non-hydrogen) atoms. The molecule has 2 rings (SSSR count). The van der Waals surface area contributed by atoms with E-state index in [9.17, 15) is 4.79 Å². The van der Waals surface area contributed by atoms with Crippen molar-refractivity contribution in [3.63, 3.8) is 0 Å². The minimum atomic E-state index is 0.192. The number of anilines is 1. The number of piperidine rings is 1. The zero-order valence-corrected chi connectivity index (χ0v) is 12.4. The van der Waals surface area contributed by atoms with Gasteiger partial charge >= 0.3 is 0 Å². The van der Waals surface area contributed by atoms with Crippen molar-refractivity contribution in [1.82, 2.24) is 4.90 Å². The Hall–Kier alpha value is -1.06. The Kier molecular flexibility index (Phi) is 4.83. The van der Waals surface area contributed by atoms with Crippen LogP contribution in [0.5, 0.6) is 0 Å². The molecule has 0 aliphatic carbocycles. The lowest BCUT2D eigenvalue weighted by Gasteiger charge is -2.37. The van der Waals surface area contributed by atoms with E-state index < -0.39 is 0 Å². The summed E-state index contributed by atoms with van der Waals surface area (Å²) in [5.74, 6) is 0.192. The Bertz CT molecular complexity index is 424. The standard InChI is InChI=1S/C15H21ClN2O/c1-3-15(19)18(13-6-4-12(16)5-7-13)14-8-10-17(2)11-9-14/h4-7,14H,3,8-11H2,1-2H3. The van der Waals surface area contributed by atoms with Crippen LogP contribution in [0.4, 0.5) is 5.69 Å². The number of hydrogen-bond donors (Lipinski definition) is 0. The summed E-state index contributed by atoms with van der Waals surface area (Å²) in [6.45, 7) is 4.01. The van der Waals surface area contributed by atoms with E-state index >= 15 is 0 Å². The predicted octanol–water partition coefficient (Wildman–Crippen LogP) is 3.18. The summed E-state index contributed by atoms with van der Waals surface area (Å²) in [7, 11) is 2.13. The molecule has 0 atom stereocenters. The van der Waals surface area contributed by atoms with Crippen molar-refractivity contribution < 1.29 is 4.79 Å². The molecule has 0 radical (unpaired) electrons. The lowest BCUT2D eigenvalue weighted by Crippen LogP contribution is -2.46. The summed E-state index contributed by atoms with van der Waals surface area (Å²) in [6.07, 6.45) is 2.60.